The highest BCUT2D eigenvalue weighted by molar-refractivity contribution is 5.99. The number of nitrogens with one attached hydrogen (secondary N) is 3. The Hall–Kier alpha value is -2.47. The van der Waals surface area contributed by atoms with Crippen LogP contribution in [-0.2, 0) is 0 Å². The molecule has 1 aromatic heterocycles. The van der Waals surface area contributed by atoms with Crippen LogP contribution in [0.15, 0.2) is 42.6 Å². The fourth-order valence-corrected chi connectivity index (χ4v) is 2.82. The largest absolute Gasteiger partial charge is 0.352 e. The molecule has 1 atom stereocenters. The van der Waals surface area contributed by atoms with E-state index < -0.39 is 0 Å². The number of nitrogens with zero attached hydrogens (tertiary/aromatic N) is 1. The summed E-state index contributed by atoms with van der Waals surface area (Å²) in [4.78, 5) is 16.6. The molecule has 2 aromatic rings. The lowest BCUT2D eigenvalue weighted by atomic mass is 10.1. The second-order valence-electron chi connectivity index (χ2n) is 5.91. The van der Waals surface area contributed by atoms with Gasteiger partial charge in [-0.15, -0.1) is 0 Å². The SMILES string of the molecule is O=C(NCCC1CCNC1)c1cccnc1Nc1ccccc1F. The van der Waals surface area contributed by atoms with E-state index in [1.165, 1.54) is 6.07 Å². The molecular weight excluding hydrogens is 307 g/mol. The van der Waals surface area contributed by atoms with Crippen molar-refractivity contribution in [3.63, 3.8) is 0 Å². The smallest absolute Gasteiger partial charge is 0.255 e. The Morgan fingerprint density at radius 3 is 2.96 bits per heavy atom. The van der Waals surface area contributed by atoms with Crippen LogP contribution in [0.25, 0.3) is 0 Å². The zero-order valence-corrected chi connectivity index (χ0v) is 13.4. The van der Waals surface area contributed by atoms with Crippen molar-refractivity contribution < 1.29 is 9.18 Å². The summed E-state index contributed by atoms with van der Waals surface area (Å²) in [7, 11) is 0. The van der Waals surface area contributed by atoms with Gasteiger partial charge in [0.05, 0.1) is 11.3 Å². The van der Waals surface area contributed by atoms with Crippen molar-refractivity contribution >= 4 is 17.4 Å². The van der Waals surface area contributed by atoms with Crippen LogP contribution >= 0.6 is 0 Å². The molecule has 1 aromatic carbocycles. The first-order valence-corrected chi connectivity index (χ1v) is 8.19. The Kier molecular flexibility index (Phi) is 5.38. The number of halogens is 1. The molecular formula is C18H21FN4O. The topological polar surface area (TPSA) is 66.0 Å². The lowest BCUT2D eigenvalue weighted by Crippen LogP contribution is -2.27. The highest BCUT2D eigenvalue weighted by Crippen LogP contribution is 2.21. The summed E-state index contributed by atoms with van der Waals surface area (Å²) < 4.78 is 13.8. The van der Waals surface area contributed by atoms with Crippen molar-refractivity contribution in [2.45, 2.75) is 12.8 Å². The first-order valence-electron chi connectivity index (χ1n) is 8.19. The van der Waals surface area contributed by atoms with E-state index in [1.807, 2.05) is 0 Å². The first-order chi connectivity index (χ1) is 11.7. The van der Waals surface area contributed by atoms with Crippen LogP contribution in [0.2, 0.25) is 0 Å². The molecule has 1 amide bonds. The molecule has 5 nitrogen and oxygen atoms in total. The predicted octanol–water partition coefficient (Wildman–Crippen LogP) is 2.69. The number of hydrogen-bond donors (Lipinski definition) is 3. The fourth-order valence-electron chi connectivity index (χ4n) is 2.82. The monoisotopic (exact) mass is 328 g/mol. The fraction of sp³-hybridized carbons (Fsp3) is 0.333. The van der Waals surface area contributed by atoms with E-state index in [1.54, 1.807) is 36.5 Å². The van der Waals surface area contributed by atoms with Crippen LogP contribution in [0.1, 0.15) is 23.2 Å². The number of carbonyl (C=O) groups is 1. The molecule has 0 spiro atoms. The maximum Gasteiger partial charge on any atom is 0.255 e. The van der Waals surface area contributed by atoms with E-state index in [-0.39, 0.29) is 11.7 Å². The number of aromatic nitrogens is 1. The van der Waals surface area contributed by atoms with E-state index in [2.05, 4.69) is 20.9 Å². The van der Waals surface area contributed by atoms with Gasteiger partial charge in [0.2, 0.25) is 0 Å². The van der Waals surface area contributed by atoms with Crippen molar-refractivity contribution in [2.24, 2.45) is 5.92 Å². The van der Waals surface area contributed by atoms with Crippen LogP contribution in [0.4, 0.5) is 15.9 Å². The molecule has 1 aliphatic heterocycles. The molecule has 0 aliphatic carbocycles. The summed E-state index contributed by atoms with van der Waals surface area (Å²) in [5.74, 6) is 0.383. The van der Waals surface area contributed by atoms with Gasteiger partial charge in [-0.1, -0.05) is 12.1 Å². The van der Waals surface area contributed by atoms with Gasteiger partial charge in [0.15, 0.2) is 0 Å². The number of benzene rings is 1. The minimum atomic E-state index is -0.386. The molecule has 2 heterocycles. The average molecular weight is 328 g/mol. The number of anilines is 2. The number of amides is 1. The van der Waals surface area contributed by atoms with Crippen LogP contribution in [-0.4, -0.2) is 30.5 Å². The van der Waals surface area contributed by atoms with Gasteiger partial charge in [0.25, 0.3) is 5.91 Å². The third-order valence-electron chi connectivity index (χ3n) is 4.18. The number of hydrogen-bond acceptors (Lipinski definition) is 4. The molecule has 1 unspecified atom stereocenters. The molecule has 0 saturated carbocycles. The van der Waals surface area contributed by atoms with Gasteiger partial charge >= 0.3 is 0 Å². The van der Waals surface area contributed by atoms with Gasteiger partial charge in [0.1, 0.15) is 11.6 Å². The van der Waals surface area contributed by atoms with Gasteiger partial charge in [-0.2, -0.15) is 0 Å². The maximum atomic E-state index is 13.8. The molecule has 1 saturated heterocycles. The van der Waals surface area contributed by atoms with Crippen LogP contribution in [0, 0.1) is 11.7 Å². The maximum absolute atomic E-state index is 13.8. The molecule has 126 valence electrons. The molecule has 3 rings (SSSR count). The lowest BCUT2D eigenvalue weighted by molar-refractivity contribution is 0.0952. The third kappa shape index (κ3) is 4.08. The second kappa shape index (κ2) is 7.88. The lowest BCUT2D eigenvalue weighted by Gasteiger charge is -2.13. The van der Waals surface area contributed by atoms with E-state index >= 15 is 0 Å². The zero-order valence-electron chi connectivity index (χ0n) is 13.4. The number of rotatable bonds is 6. The Bertz CT molecular complexity index is 701. The minimum Gasteiger partial charge on any atom is -0.352 e. The predicted molar refractivity (Wildman–Crippen MR) is 91.8 cm³/mol. The van der Waals surface area contributed by atoms with Crippen molar-refractivity contribution in [3.05, 3.63) is 54.0 Å². The number of pyridine rings is 1. The molecule has 3 N–H and O–H groups in total. The summed E-state index contributed by atoms with van der Waals surface area (Å²) in [5.41, 5.74) is 0.701. The quantitative estimate of drug-likeness (QED) is 0.763. The van der Waals surface area contributed by atoms with Crippen molar-refractivity contribution in [3.8, 4) is 0 Å². The molecule has 0 bridgehead atoms. The van der Waals surface area contributed by atoms with E-state index in [4.69, 9.17) is 0 Å². The molecule has 1 aliphatic rings. The molecule has 1 fully saturated rings. The van der Waals surface area contributed by atoms with Crippen LogP contribution in [0.5, 0.6) is 0 Å². The zero-order chi connectivity index (χ0) is 16.8. The van der Waals surface area contributed by atoms with Crippen molar-refractivity contribution in [1.29, 1.82) is 0 Å². The molecule has 6 heteroatoms. The summed E-state index contributed by atoms with van der Waals surface area (Å²) in [6.07, 6.45) is 3.68. The van der Waals surface area contributed by atoms with Gasteiger partial charge in [-0.3, -0.25) is 4.79 Å². The van der Waals surface area contributed by atoms with Gasteiger partial charge < -0.3 is 16.0 Å². The first kappa shape index (κ1) is 16.4. The summed E-state index contributed by atoms with van der Waals surface area (Å²) in [6.45, 7) is 2.69. The van der Waals surface area contributed by atoms with E-state index in [0.717, 1.165) is 25.9 Å². The number of para-hydroxylation sites is 1. The average Bonchev–Trinajstić information content (AvgIpc) is 3.11. The Morgan fingerprint density at radius 1 is 1.29 bits per heavy atom. The highest BCUT2D eigenvalue weighted by Gasteiger charge is 2.16. The van der Waals surface area contributed by atoms with Gasteiger partial charge in [-0.05, 0) is 56.1 Å². The number of carbonyl (C=O) groups excluding carboxylic acids is 1. The van der Waals surface area contributed by atoms with E-state index in [0.29, 0.717) is 29.5 Å². The van der Waals surface area contributed by atoms with Gasteiger partial charge in [-0.25, -0.2) is 9.37 Å². The normalized spacial score (nSPS) is 16.8. The van der Waals surface area contributed by atoms with Crippen LogP contribution in [0.3, 0.4) is 0 Å². The molecule has 0 radical (unpaired) electrons. The van der Waals surface area contributed by atoms with Crippen molar-refractivity contribution in [2.75, 3.05) is 25.0 Å². The Balaban J connectivity index is 1.64. The minimum absolute atomic E-state index is 0.201. The van der Waals surface area contributed by atoms with Crippen molar-refractivity contribution in [1.82, 2.24) is 15.6 Å². The molecule has 24 heavy (non-hydrogen) atoms. The van der Waals surface area contributed by atoms with Gasteiger partial charge in [0, 0.05) is 12.7 Å². The third-order valence-corrected chi connectivity index (χ3v) is 4.18. The summed E-state index contributed by atoms with van der Waals surface area (Å²) in [6, 6.07) is 9.69. The van der Waals surface area contributed by atoms with Crippen LogP contribution < -0.4 is 16.0 Å². The Morgan fingerprint density at radius 2 is 2.17 bits per heavy atom. The van der Waals surface area contributed by atoms with E-state index in [9.17, 15) is 9.18 Å². The second-order valence-corrected chi connectivity index (χ2v) is 5.91. The summed E-state index contributed by atoms with van der Waals surface area (Å²) in [5, 5.41) is 9.14. The highest BCUT2D eigenvalue weighted by atomic mass is 19.1. The summed E-state index contributed by atoms with van der Waals surface area (Å²) >= 11 is 0. The standard InChI is InChI=1S/C18H21FN4O/c19-15-5-1-2-6-16(15)23-17-14(4-3-9-21-17)18(24)22-11-8-13-7-10-20-12-13/h1-6,9,13,20H,7-8,10-12H2,(H,21,23)(H,22,24). The Labute approximate surface area is 140 Å².